The Labute approximate surface area is 157 Å². The minimum Gasteiger partial charge on any atom is -0.497 e. The first-order valence-corrected chi connectivity index (χ1v) is 9.12. The zero-order chi connectivity index (χ0) is 18.7. The second-order valence-corrected chi connectivity index (χ2v) is 7.32. The minimum atomic E-state index is -0.348. The number of terminal acetylenes is 1. The highest BCUT2D eigenvalue weighted by Gasteiger charge is 2.45. The van der Waals surface area contributed by atoms with Gasteiger partial charge in [-0.15, -0.1) is 17.8 Å². The Hall–Kier alpha value is -2.56. The van der Waals surface area contributed by atoms with Gasteiger partial charge in [0.05, 0.1) is 32.4 Å². The highest BCUT2D eigenvalue weighted by atomic mass is 32.1. The first-order chi connectivity index (χ1) is 12.5. The van der Waals surface area contributed by atoms with Gasteiger partial charge >= 0.3 is 6.03 Å². The van der Waals surface area contributed by atoms with Crippen LogP contribution in [-0.2, 0) is 6.54 Å². The van der Waals surface area contributed by atoms with Gasteiger partial charge in [0.15, 0.2) is 0 Å². The number of hydrogen-bond acceptors (Lipinski definition) is 5. The third kappa shape index (κ3) is 3.52. The smallest absolute Gasteiger partial charge is 0.317 e. The monoisotopic (exact) mass is 370 g/mol. The molecule has 7 heteroatoms. The number of carbonyl (C=O) groups is 1. The molecule has 6 nitrogen and oxygen atoms in total. The summed E-state index contributed by atoms with van der Waals surface area (Å²) in [6.45, 7) is 1.47. The van der Waals surface area contributed by atoms with Gasteiger partial charge in [-0.3, -0.25) is 4.90 Å². The lowest BCUT2D eigenvalue weighted by Crippen LogP contribution is -2.70. The van der Waals surface area contributed by atoms with Crippen molar-refractivity contribution in [1.82, 2.24) is 20.1 Å². The molecule has 1 aromatic heterocycles. The van der Waals surface area contributed by atoms with E-state index in [1.165, 1.54) is 0 Å². The van der Waals surface area contributed by atoms with Crippen LogP contribution in [0.2, 0.25) is 0 Å². The van der Waals surface area contributed by atoms with Crippen LogP contribution in [0.25, 0.3) is 10.6 Å². The molecule has 136 valence electrons. The lowest BCUT2D eigenvalue weighted by Gasteiger charge is -2.50. The summed E-state index contributed by atoms with van der Waals surface area (Å²) in [7, 11) is 5.51. The van der Waals surface area contributed by atoms with Gasteiger partial charge in [0.25, 0.3) is 0 Å². The van der Waals surface area contributed by atoms with Crippen LogP contribution in [0, 0.1) is 12.3 Å². The van der Waals surface area contributed by atoms with E-state index in [1.54, 1.807) is 23.3 Å². The average Bonchev–Trinajstić information content (AvgIpc) is 3.08. The SMILES string of the molecule is C#CC1(N(C)C)CN(C(=O)NCc2csc(-c3ccc(OC)cc3)n2)C1. The van der Waals surface area contributed by atoms with Gasteiger partial charge < -0.3 is 15.0 Å². The van der Waals surface area contributed by atoms with Gasteiger partial charge in [-0.05, 0) is 38.4 Å². The average molecular weight is 370 g/mol. The molecule has 0 unspecified atom stereocenters. The summed E-state index contributed by atoms with van der Waals surface area (Å²) in [6.07, 6.45) is 5.61. The minimum absolute atomic E-state index is 0.114. The molecule has 0 atom stereocenters. The summed E-state index contributed by atoms with van der Waals surface area (Å²) in [5, 5.41) is 5.79. The molecule has 26 heavy (non-hydrogen) atoms. The van der Waals surface area contributed by atoms with E-state index in [2.05, 4.69) is 16.2 Å². The number of urea groups is 1. The maximum Gasteiger partial charge on any atom is 0.317 e. The number of carbonyl (C=O) groups excluding carboxylic acids is 1. The molecular formula is C19H22N4O2S. The molecule has 0 bridgehead atoms. The van der Waals surface area contributed by atoms with E-state index in [0.717, 1.165) is 22.0 Å². The van der Waals surface area contributed by atoms with Crippen LogP contribution >= 0.6 is 11.3 Å². The van der Waals surface area contributed by atoms with Crippen molar-refractivity contribution in [3.63, 3.8) is 0 Å². The molecular weight excluding hydrogens is 348 g/mol. The van der Waals surface area contributed by atoms with Crippen LogP contribution in [0.15, 0.2) is 29.6 Å². The molecule has 1 aliphatic heterocycles. The third-order valence-corrected chi connectivity index (χ3v) is 5.57. The zero-order valence-electron chi connectivity index (χ0n) is 15.2. The van der Waals surface area contributed by atoms with Crippen LogP contribution in [0.1, 0.15) is 5.69 Å². The molecule has 0 aliphatic carbocycles. The lowest BCUT2D eigenvalue weighted by molar-refractivity contribution is 0.0397. The van der Waals surface area contributed by atoms with E-state index in [0.29, 0.717) is 19.6 Å². The number of nitrogens with one attached hydrogen (secondary N) is 1. The summed E-state index contributed by atoms with van der Waals surface area (Å²) in [5.74, 6) is 3.60. The second-order valence-electron chi connectivity index (χ2n) is 6.46. The number of amides is 2. The Kier molecular flexibility index (Phi) is 5.16. The second kappa shape index (κ2) is 7.36. The third-order valence-electron chi connectivity index (χ3n) is 4.63. The maximum atomic E-state index is 12.3. The number of likely N-dealkylation sites (N-methyl/N-ethyl adjacent to an activating group) is 1. The van der Waals surface area contributed by atoms with Crippen molar-refractivity contribution < 1.29 is 9.53 Å². The Bertz CT molecular complexity index is 817. The van der Waals surface area contributed by atoms with Crippen LogP contribution in [0.4, 0.5) is 4.79 Å². The van der Waals surface area contributed by atoms with E-state index < -0.39 is 0 Å². The highest BCUT2D eigenvalue weighted by molar-refractivity contribution is 7.13. The zero-order valence-corrected chi connectivity index (χ0v) is 16.0. The number of methoxy groups -OCH3 is 1. The molecule has 1 aromatic carbocycles. The summed E-state index contributed by atoms with van der Waals surface area (Å²) >= 11 is 1.55. The number of nitrogens with zero attached hydrogens (tertiary/aromatic N) is 3. The fourth-order valence-electron chi connectivity index (χ4n) is 2.76. The molecule has 2 aromatic rings. The summed E-state index contributed by atoms with van der Waals surface area (Å²) in [6, 6.07) is 7.65. The molecule has 0 spiro atoms. The van der Waals surface area contributed by atoms with Crippen LogP contribution in [0.5, 0.6) is 5.75 Å². The number of likely N-dealkylation sites (tertiary alicyclic amines) is 1. The van der Waals surface area contributed by atoms with Crippen molar-refractivity contribution >= 4 is 17.4 Å². The molecule has 1 saturated heterocycles. The van der Waals surface area contributed by atoms with E-state index in [9.17, 15) is 4.79 Å². The lowest BCUT2D eigenvalue weighted by atomic mass is 9.90. The van der Waals surface area contributed by atoms with Crippen molar-refractivity contribution in [1.29, 1.82) is 0 Å². The number of aromatic nitrogens is 1. The van der Waals surface area contributed by atoms with Crippen molar-refractivity contribution in [3.05, 3.63) is 35.3 Å². The van der Waals surface area contributed by atoms with Crippen molar-refractivity contribution in [3.8, 4) is 28.7 Å². The van der Waals surface area contributed by atoms with Gasteiger partial charge in [0.1, 0.15) is 16.3 Å². The topological polar surface area (TPSA) is 57.7 Å². The van der Waals surface area contributed by atoms with Crippen molar-refractivity contribution in [2.24, 2.45) is 0 Å². The normalized spacial score (nSPS) is 15.3. The molecule has 2 heterocycles. The highest BCUT2D eigenvalue weighted by Crippen LogP contribution is 2.27. The van der Waals surface area contributed by atoms with Crippen molar-refractivity contribution in [2.45, 2.75) is 12.1 Å². The fourth-order valence-corrected chi connectivity index (χ4v) is 3.59. The maximum absolute atomic E-state index is 12.3. The number of hydrogen-bond donors (Lipinski definition) is 1. The summed E-state index contributed by atoms with van der Waals surface area (Å²) in [4.78, 5) is 20.6. The van der Waals surface area contributed by atoms with Crippen LogP contribution < -0.4 is 10.1 Å². The Morgan fingerprint density at radius 3 is 2.69 bits per heavy atom. The van der Waals surface area contributed by atoms with Crippen LogP contribution in [0.3, 0.4) is 0 Å². The fraction of sp³-hybridized carbons (Fsp3) is 0.368. The molecule has 1 aliphatic rings. The predicted molar refractivity (Wildman–Crippen MR) is 103 cm³/mol. The van der Waals surface area contributed by atoms with Crippen LogP contribution in [-0.4, -0.2) is 60.6 Å². The van der Waals surface area contributed by atoms with E-state index in [1.807, 2.05) is 48.6 Å². The molecule has 3 rings (SSSR count). The Morgan fingerprint density at radius 1 is 1.42 bits per heavy atom. The molecule has 0 radical (unpaired) electrons. The van der Waals surface area contributed by atoms with E-state index in [-0.39, 0.29) is 11.6 Å². The molecule has 0 saturated carbocycles. The van der Waals surface area contributed by atoms with Crippen molar-refractivity contribution in [2.75, 3.05) is 34.3 Å². The summed E-state index contributed by atoms with van der Waals surface area (Å²) in [5.41, 5.74) is 1.52. The van der Waals surface area contributed by atoms with Gasteiger partial charge in [-0.25, -0.2) is 9.78 Å². The molecule has 1 N–H and O–H groups in total. The van der Waals surface area contributed by atoms with Gasteiger partial charge in [0, 0.05) is 10.9 Å². The van der Waals surface area contributed by atoms with E-state index in [4.69, 9.17) is 11.2 Å². The standard InChI is InChI=1S/C19H22N4O2S/c1-5-19(22(2)3)12-23(13-19)18(24)20-10-15-11-26-17(21-15)14-6-8-16(25-4)9-7-14/h1,6-9,11H,10,12-13H2,2-4H3,(H,20,24). The van der Waals surface area contributed by atoms with E-state index >= 15 is 0 Å². The number of rotatable bonds is 5. The first kappa shape index (κ1) is 18.2. The summed E-state index contributed by atoms with van der Waals surface area (Å²) < 4.78 is 5.17. The number of ether oxygens (including phenoxy) is 1. The van der Waals surface area contributed by atoms with Gasteiger partial charge in [-0.2, -0.15) is 0 Å². The Morgan fingerprint density at radius 2 is 2.12 bits per heavy atom. The molecule has 2 amide bonds. The quantitative estimate of drug-likeness (QED) is 0.821. The predicted octanol–water partition coefficient (Wildman–Crippen LogP) is 2.28. The Balaban J connectivity index is 1.54. The molecule has 1 fully saturated rings. The largest absolute Gasteiger partial charge is 0.497 e. The number of benzene rings is 1. The van der Waals surface area contributed by atoms with Gasteiger partial charge in [0.2, 0.25) is 0 Å². The van der Waals surface area contributed by atoms with Gasteiger partial charge in [-0.1, -0.05) is 5.92 Å². The number of thiazole rings is 1. The first-order valence-electron chi connectivity index (χ1n) is 8.24.